The highest BCUT2D eigenvalue weighted by Crippen LogP contribution is 2.39. The Bertz CT molecular complexity index is 304. The van der Waals surface area contributed by atoms with E-state index < -0.39 is 18.0 Å². The van der Waals surface area contributed by atoms with Crippen LogP contribution in [0.5, 0.6) is 0 Å². The second-order valence-electron chi connectivity index (χ2n) is 5.28. The summed E-state index contributed by atoms with van der Waals surface area (Å²) in [6.07, 6.45) is -3.04. The third kappa shape index (κ3) is 5.28. The molecule has 1 aliphatic rings. The first kappa shape index (κ1) is 17.2. The van der Waals surface area contributed by atoms with Gasteiger partial charge in [0.1, 0.15) is 0 Å². The molecule has 7 heteroatoms. The Kier molecular flexibility index (Phi) is 6.75. The van der Waals surface area contributed by atoms with Crippen LogP contribution in [0.2, 0.25) is 0 Å². The van der Waals surface area contributed by atoms with Gasteiger partial charge in [0.2, 0.25) is 5.91 Å². The molecule has 0 radical (unpaired) electrons. The Morgan fingerprint density at radius 2 is 2.15 bits per heavy atom. The fourth-order valence-electron chi connectivity index (χ4n) is 2.60. The highest BCUT2D eigenvalue weighted by Gasteiger charge is 2.43. The number of halogens is 3. The second kappa shape index (κ2) is 7.83. The van der Waals surface area contributed by atoms with Crippen LogP contribution in [0, 0.1) is 11.8 Å². The Hall–Kier alpha value is -0.820. The lowest BCUT2D eigenvalue weighted by Gasteiger charge is -2.30. The Labute approximate surface area is 116 Å². The molecule has 0 bridgehead atoms. The smallest absolute Gasteiger partial charge is 0.391 e. The summed E-state index contributed by atoms with van der Waals surface area (Å²) < 4.78 is 43.0. The topological polar surface area (TPSA) is 58.6 Å². The lowest BCUT2D eigenvalue weighted by atomic mass is 9.80. The largest absolute Gasteiger partial charge is 0.396 e. The molecule has 0 spiro atoms. The SMILES string of the molecule is COCC(CCO)NC(=O)C1CCCC(C(F)(F)F)C1. The number of aliphatic hydroxyl groups excluding tert-OH is 1. The third-order valence-corrected chi connectivity index (χ3v) is 3.70. The minimum Gasteiger partial charge on any atom is -0.396 e. The van der Waals surface area contributed by atoms with E-state index in [2.05, 4.69) is 5.32 Å². The van der Waals surface area contributed by atoms with Crippen LogP contribution in [0.15, 0.2) is 0 Å². The lowest BCUT2D eigenvalue weighted by molar-refractivity contribution is -0.186. The van der Waals surface area contributed by atoms with E-state index >= 15 is 0 Å². The highest BCUT2D eigenvalue weighted by molar-refractivity contribution is 5.79. The zero-order chi connectivity index (χ0) is 15.2. The monoisotopic (exact) mass is 297 g/mol. The molecule has 1 aliphatic carbocycles. The van der Waals surface area contributed by atoms with Gasteiger partial charge in [-0.25, -0.2) is 0 Å². The average molecular weight is 297 g/mol. The normalized spacial score (nSPS) is 25.2. The van der Waals surface area contributed by atoms with Gasteiger partial charge in [-0.2, -0.15) is 13.2 Å². The van der Waals surface area contributed by atoms with E-state index in [1.54, 1.807) is 0 Å². The van der Waals surface area contributed by atoms with Crippen molar-refractivity contribution in [3.8, 4) is 0 Å². The molecule has 2 N–H and O–H groups in total. The lowest BCUT2D eigenvalue weighted by Crippen LogP contribution is -2.44. The van der Waals surface area contributed by atoms with Crippen molar-refractivity contribution < 1.29 is 27.8 Å². The van der Waals surface area contributed by atoms with Gasteiger partial charge in [-0.15, -0.1) is 0 Å². The quantitative estimate of drug-likeness (QED) is 0.787. The van der Waals surface area contributed by atoms with Gasteiger partial charge >= 0.3 is 6.18 Å². The molecule has 118 valence electrons. The van der Waals surface area contributed by atoms with E-state index in [1.165, 1.54) is 7.11 Å². The van der Waals surface area contributed by atoms with Crippen LogP contribution in [0.3, 0.4) is 0 Å². The fourth-order valence-corrected chi connectivity index (χ4v) is 2.60. The summed E-state index contributed by atoms with van der Waals surface area (Å²) >= 11 is 0. The molecule has 0 aliphatic heterocycles. The van der Waals surface area contributed by atoms with Gasteiger partial charge in [0.15, 0.2) is 0 Å². The number of aliphatic hydroxyl groups is 1. The molecule has 0 saturated heterocycles. The first-order chi connectivity index (χ1) is 9.38. The molecule has 1 saturated carbocycles. The molecule has 3 unspecified atom stereocenters. The van der Waals surface area contributed by atoms with Crippen LogP contribution < -0.4 is 5.32 Å². The number of ether oxygens (including phenoxy) is 1. The number of carbonyl (C=O) groups is 1. The Morgan fingerprint density at radius 1 is 1.45 bits per heavy atom. The zero-order valence-corrected chi connectivity index (χ0v) is 11.6. The number of amides is 1. The van der Waals surface area contributed by atoms with Crippen LogP contribution in [-0.2, 0) is 9.53 Å². The summed E-state index contributed by atoms with van der Waals surface area (Å²) in [7, 11) is 1.47. The van der Waals surface area contributed by atoms with Crippen LogP contribution in [0.1, 0.15) is 32.1 Å². The molecule has 0 aromatic carbocycles. The standard InChI is InChI=1S/C13H22F3NO3/c1-20-8-11(5-6-18)17-12(19)9-3-2-4-10(7-9)13(14,15)16/h9-11,18H,2-8H2,1H3,(H,17,19). The molecule has 1 rings (SSSR count). The van der Waals surface area contributed by atoms with Crippen molar-refractivity contribution in [2.45, 2.75) is 44.3 Å². The van der Waals surface area contributed by atoms with Crippen molar-refractivity contribution in [2.24, 2.45) is 11.8 Å². The highest BCUT2D eigenvalue weighted by atomic mass is 19.4. The summed E-state index contributed by atoms with van der Waals surface area (Å²) in [5.41, 5.74) is 0. The van der Waals surface area contributed by atoms with Crippen LogP contribution in [0.4, 0.5) is 13.2 Å². The van der Waals surface area contributed by atoms with Crippen molar-refractivity contribution >= 4 is 5.91 Å². The number of alkyl halides is 3. The van der Waals surface area contributed by atoms with Crippen molar-refractivity contribution in [3.05, 3.63) is 0 Å². The minimum absolute atomic E-state index is 0.103. The zero-order valence-electron chi connectivity index (χ0n) is 11.6. The Morgan fingerprint density at radius 3 is 2.70 bits per heavy atom. The predicted octanol–water partition coefficient (Wildman–Crippen LogP) is 1.87. The van der Waals surface area contributed by atoms with Gasteiger partial charge in [-0.3, -0.25) is 4.79 Å². The van der Waals surface area contributed by atoms with Crippen LogP contribution >= 0.6 is 0 Å². The van der Waals surface area contributed by atoms with Gasteiger partial charge in [0.25, 0.3) is 0 Å². The van der Waals surface area contributed by atoms with E-state index in [9.17, 15) is 18.0 Å². The maximum absolute atomic E-state index is 12.7. The summed E-state index contributed by atoms with van der Waals surface area (Å²) in [6, 6.07) is -0.358. The van der Waals surface area contributed by atoms with Crippen LogP contribution in [-0.4, -0.2) is 43.6 Å². The van der Waals surface area contributed by atoms with E-state index in [-0.39, 0.29) is 38.0 Å². The summed E-state index contributed by atoms with van der Waals surface area (Å²) in [5, 5.41) is 11.5. The summed E-state index contributed by atoms with van der Waals surface area (Å²) in [4.78, 5) is 12.0. The molecule has 4 nitrogen and oxygen atoms in total. The molecular formula is C13H22F3NO3. The van der Waals surface area contributed by atoms with Crippen LogP contribution in [0.25, 0.3) is 0 Å². The summed E-state index contributed by atoms with van der Waals surface area (Å²) in [6.45, 7) is 0.131. The molecular weight excluding hydrogens is 275 g/mol. The van der Waals surface area contributed by atoms with Crippen molar-refractivity contribution in [1.29, 1.82) is 0 Å². The van der Waals surface area contributed by atoms with E-state index in [0.29, 0.717) is 19.3 Å². The van der Waals surface area contributed by atoms with Gasteiger partial charge in [0.05, 0.1) is 18.6 Å². The summed E-state index contributed by atoms with van der Waals surface area (Å²) in [5.74, 6) is -2.35. The van der Waals surface area contributed by atoms with Gasteiger partial charge in [-0.1, -0.05) is 6.42 Å². The molecule has 1 fully saturated rings. The van der Waals surface area contributed by atoms with E-state index in [1.807, 2.05) is 0 Å². The van der Waals surface area contributed by atoms with Crippen molar-refractivity contribution in [3.63, 3.8) is 0 Å². The average Bonchev–Trinajstić information content (AvgIpc) is 2.38. The fraction of sp³-hybridized carbons (Fsp3) is 0.923. The first-order valence-corrected chi connectivity index (χ1v) is 6.85. The predicted molar refractivity (Wildman–Crippen MR) is 67.0 cm³/mol. The molecule has 20 heavy (non-hydrogen) atoms. The first-order valence-electron chi connectivity index (χ1n) is 6.85. The number of hydrogen-bond acceptors (Lipinski definition) is 3. The van der Waals surface area contributed by atoms with Crippen molar-refractivity contribution in [2.75, 3.05) is 20.3 Å². The minimum atomic E-state index is -4.23. The number of hydrogen-bond donors (Lipinski definition) is 2. The van der Waals surface area contributed by atoms with Gasteiger partial charge < -0.3 is 15.2 Å². The number of carbonyl (C=O) groups excluding carboxylic acids is 1. The van der Waals surface area contributed by atoms with E-state index in [4.69, 9.17) is 9.84 Å². The Balaban J connectivity index is 2.53. The number of rotatable bonds is 6. The van der Waals surface area contributed by atoms with Gasteiger partial charge in [-0.05, 0) is 25.7 Å². The number of nitrogens with one attached hydrogen (secondary N) is 1. The number of methoxy groups -OCH3 is 1. The third-order valence-electron chi connectivity index (χ3n) is 3.70. The maximum Gasteiger partial charge on any atom is 0.391 e. The maximum atomic E-state index is 12.7. The molecule has 3 atom stereocenters. The molecule has 0 aromatic heterocycles. The molecule has 0 aromatic rings. The second-order valence-corrected chi connectivity index (χ2v) is 5.28. The van der Waals surface area contributed by atoms with E-state index in [0.717, 1.165) is 0 Å². The van der Waals surface area contributed by atoms with Gasteiger partial charge in [0, 0.05) is 19.6 Å². The molecule has 1 amide bonds. The van der Waals surface area contributed by atoms with Crippen molar-refractivity contribution in [1.82, 2.24) is 5.32 Å². The molecule has 0 heterocycles.